The Labute approximate surface area is 97.1 Å². The molecule has 0 aromatic heterocycles. The van der Waals surface area contributed by atoms with Crippen molar-refractivity contribution in [1.29, 1.82) is 0 Å². The summed E-state index contributed by atoms with van der Waals surface area (Å²) in [6.45, 7) is 0. The third kappa shape index (κ3) is 3.38. The van der Waals surface area contributed by atoms with Gasteiger partial charge in [-0.25, -0.2) is 8.78 Å². The maximum atomic E-state index is 12.8. The highest BCUT2D eigenvalue weighted by Crippen LogP contribution is 2.09. The second-order valence-electron chi connectivity index (χ2n) is 3.34. The molecule has 0 aliphatic rings. The number of para-hydroxylation sites is 1. The molecule has 0 fully saturated rings. The Bertz CT molecular complexity index is 506. The van der Waals surface area contributed by atoms with Gasteiger partial charge in [0.2, 0.25) is 0 Å². The number of hydrogen-bond donors (Lipinski definition) is 0. The van der Waals surface area contributed by atoms with Gasteiger partial charge in [0.05, 0.1) is 6.21 Å². The van der Waals surface area contributed by atoms with Gasteiger partial charge < -0.3 is 4.84 Å². The Kier molecular flexibility index (Phi) is 3.45. The Morgan fingerprint density at radius 1 is 0.941 bits per heavy atom. The number of rotatable bonds is 3. The number of oxime groups is 1. The molecule has 0 aliphatic carbocycles. The molecule has 2 nitrogen and oxygen atoms in total. The largest absolute Gasteiger partial charge is 0.357 e. The fourth-order valence-corrected chi connectivity index (χ4v) is 1.28. The van der Waals surface area contributed by atoms with E-state index in [1.54, 1.807) is 24.3 Å². The summed E-state index contributed by atoms with van der Waals surface area (Å²) in [6.07, 6.45) is 1.25. The van der Waals surface area contributed by atoms with E-state index >= 15 is 0 Å². The predicted octanol–water partition coefficient (Wildman–Crippen LogP) is 3.38. The Morgan fingerprint density at radius 3 is 2.24 bits per heavy atom. The molecule has 0 bridgehead atoms. The van der Waals surface area contributed by atoms with Crippen LogP contribution in [-0.2, 0) is 0 Å². The molecule has 0 saturated heterocycles. The van der Waals surface area contributed by atoms with E-state index in [4.69, 9.17) is 4.84 Å². The first-order valence-corrected chi connectivity index (χ1v) is 4.95. The molecule has 2 rings (SSSR count). The normalized spacial score (nSPS) is 10.7. The molecular formula is C13H9F2NO. The van der Waals surface area contributed by atoms with E-state index in [-0.39, 0.29) is 0 Å². The first kappa shape index (κ1) is 11.3. The standard InChI is InChI=1S/C13H9F2NO/c14-11-6-10(7-12(15)8-11)9-16-17-13-4-2-1-3-5-13/h1-9H/b16-9+. The number of hydrogen-bond acceptors (Lipinski definition) is 2. The third-order valence-electron chi connectivity index (χ3n) is 1.99. The van der Waals surface area contributed by atoms with Gasteiger partial charge in [0.15, 0.2) is 5.75 Å². The summed E-state index contributed by atoms with van der Waals surface area (Å²) in [5, 5.41) is 3.64. The Morgan fingerprint density at radius 2 is 1.59 bits per heavy atom. The van der Waals surface area contributed by atoms with Crippen molar-refractivity contribution >= 4 is 6.21 Å². The smallest absolute Gasteiger partial charge is 0.157 e. The summed E-state index contributed by atoms with van der Waals surface area (Å²) in [5.41, 5.74) is 0.304. The first-order chi connectivity index (χ1) is 8.24. The lowest BCUT2D eigenvalue weighted by Gasteiger charge is -1.97. The minimum Gasteiger partial charge on any atom is -0.357 e. The van der Waals surface area contributed by atoms with Gasteiger partial charge >= 0.3 is 0 Å². The van der Waals surface area contributed by atoms with E-state index in [0.717, 1.165) is 6.07 Å². The van der Waals surface area contributed by atoms with Crippen LogP contribution in [-0.4, -0.2) is 6.21 Å². The van der Waals surface area contributed by atoms with Gasteiger partial charge in [0, 0.05) is 11.6 Å². The van der Waals surface area contributed by atoms with Crippen LogP contribution in [0.15, 0.2) is 53.7 Å². The van der Waals surface area contributed by atoms with Crippen LogP contribution < -0.4 is 4.84 Å². The van der Waals surface area contributed by atoms with Crippen molar-refractivity contribution < 1.29 is 13.6 Å². The average Bonchev–Trinajstić information content (AvgIpc) is 2.29. The molecule has 0 radical (unpaired) electrons. The Balaban J connectivity index is 2.06. The summed E-state index contributed by atoms with van der Waals surface area (Å²) >= 11 is 0. The fraction of sp³-hybridized carbons (Fsp3) is 0. The first-order valence-electron chi connectivity index (χ1n) is 4.95. The highest BCUT2D eigenvalue weighted by Gasteiger charge is 1.98. The van der Waals surface area contributed by atoms with E-state index in [2.05, 4.69) is 5.16 Å². The summed E-state index contributed by atoms with van der Waals surface area (Å²) in [4.78, 5) is 5.01. The summed E-state index contributed by atoms with van der Waals surface area (Å²) < 4.78 is 25.7. The molecule has 0 atom stereocenters. The molecule has 2 aromatic rings. The monoisotopic (exact) mass is 233 g/mol. The van der Waals surface area contributed by atoms with E-state index in [1.165, 1.54) is 18.3 Å². The van der Waals surface area contributed by atoms with Crippen molar-refractivity contribution in [1.82, 2.24) is 0 Å². The zero-order valence-electron chi connectivity index (χ0n) is 8.81. The van der Waals surface area contributed by atoms with Crippen molar-refractivity contribution in [3.63, 3.8) is 0 Å². The van der Waals surface area contributed by atoms with Crippen molar-refractivity contribution in [2.75, 3.05) is 0 Å². The van der Waals surface area contributed by atoms with E-state index in [0.29, 0.717) is 11.3 Å². The third-order valence-corrected chi connectivity index (χ3v) is 1.99. The predicted molar refractivity (Wildman–Crippen MR) is 61.0 cm³/mol. The van der Waals surface area contributed by atoms with Gasteiger partial charge in [-0.1, -0.05) is 23.4 Å². The molecule has 86 valence electrons. The zero-order valence-corrected chi connectivity index (χ0v) is 8.81. The maximum absolute atomic E-state index is 12.8. The van der Waals surface area contributed by atoms with Gasteiger partial charge in [-0.05, 0) is 24.3 Å². The molecule has 2 aromatic carbocycles. The van der Waals surface area contributed by atoms with Crippen LogP contribution in [0.1, 0.15) is 5.56 Å². The van der Waals surface area contributed by atoms with Gasteiger partial charge in [0.1, 0.15) is 11.6 Å². The summed E-state index contributed by atoms with van der Waals surface area (Å²) in [5.74, 6) is -0.738. The van der Waals surface area contributed by atoms with Crippen LogP contribution in [0.3, 0.4) is 0 Å². The van der Waals surface area contributed by atoms with Crippen LogP contribution in [0.4, 0.5) is 8.78 Å². The molecule has 0 heterocycles. The van der Waals surface area contributed by atoms with Crippen molar-refractivity contribution in [3.05, 3.63) is 65.7 Å². The minimum absolute atomic E-state index is 0.304. The lowest BCUT2D eigenvalue weighted by molar-refractivity contribution is 0.344. The van der Waals surface area contributed by atoms with Crippen LogP contribution in [0.2, 0.25) is 0 Å². The zero-order chi connectivity index (χ0) is 12.1. The topological polar surface area (TPSA) is 21.6 Å². The van der Waals surface area contributed by atoms with E-state index in [9.17, 15) is 8.78 Å². The molecule has 0 amide bonds. The second-order valence-corrected chi connectivity index (χ2v) is 3.34. The molecule has 17 heavy (non-hydrogen) atoms. The summed E-state index contributed by atoms with van der Waals surface area (Å²) in [7, 11) is 0. The molecule has 0 N–H and O–H groups in total. The van der Waals surface area contributed by atoms with Gasteiger partial charge in [-0.2, -0.15) is 0 Å². The van der Waals surface area contributed by atoms with Gasteiger partial charge in [-0.3, -0.25) is 0 Å². The van der Waals surface area contributed by atoms with Crippen molar-refractivity contribution in [2.45, 2.75) is 0 Å². The molecule has 0 aliphatic heterocycles. The van der Waals surface area contributed by atoms with Gasteiger partial charge in [0.25, 0.3) is 0 Å². The van der Waals surface area contributed by atoms with E-state index in [1.807, 2.05) is 6.07 Å². The van der Waals surface area contributed by atoms with Crippen LogP contribution in [0.5, 0.6) is 5.75 Å². The van der Waals surface area contributed by atoms with Crippen LogP contribution in [0.25, 0.3) is 0 Å². The second kappa shape index (κ2) is 5.21. The Hall–Kier alpha value is -2.23. The number of nitrogens with zero attached hydrogens (tertiary/aromatic N) is 1. The molecule has 4 heteroatoms. The minimum atomic E-state index is -0.647. The molecular weight excluding hydrogens is 224 g/mol. The van der Waals surface area contributed by atoms with Gasteiger partial charge in [-0.15, -0.1) is 0 Å². The molecule has 0 unspecified atom stereocenters. The van der Waals surface area contributed by atoms with Crippen molar-refractivity contribution in [2.24, 2.45) is 5.16 Å². The SMILES string of the molecule is Fc1cc(F)cc(/C=N/Oc2ccccc2)c1. The van der Waals surface area contributed by atoms with Crippen LogP contribution in [0, 0.1) is 11.6 Å². The van der Waals surface area contributed by atoms with E-state index < -0.39 is 11.6 Å². The van der Waals surface area contributed by atoms with Crippen LogP contribution >= 0.6 is 0 Å². The quantitative estimate of drug-likeness (QED) is 0.588. The average molecular weight is 233 g/mol. The fourth-order valence-electron chi connectivity index (χ4n) is 1.28. The highest BCUT2D eigenvalue weighted by atomic mass is 19.1. The summed E-state index contributed by atoms with van der Waals surface area (Å²) in [6, 6.07) is 12.0. The number of halogens is 2. The molecule has 0 spiro atoms. The number of benzene rings is 2. The van der Waals surface area contributed by atoms with Crippen molar-refractivity contribution in [3.8, 4) is 5.75 Å². The maximum Gasteiger partial charge on any atom is 0.157 e. The lowest BCUT2D eigenvalue weighted by Crippen LogP contribution is -1.89. The lowest BCUT2D eigenvalue weighted by atomic mass is 10.2. The molecule has 0 saturated carbocycles. The highest BCUT2D eigenvalue weighted by molar-refractivity contribution is 5.79.